The topological polar surface area (TPSA) is 259 Å². The van der Waals surface area contributed by atoms with E-state index < -0.39 is 249 Å². The van der Waals surface area contributed by atoms with Gasteiger partial charge >= 0.3 is 12.4 Å². The van der Waals surface area contributed by atoms with Crippen LogP contribution in [0.5, 0.6) is 0 Å². The van der Waals surface area contributed by atoms with E-state index in [-0.39, 0.29) is 103 Å². The van der Waals surface area contributed by atoms with Crippen molar-refractivity contribution in [3.05, 3.63) is 12.2 Å². The Morgan fingerprint density at radius 2 is 1.18 bits per heavy atom. The van der Waals surface area contributed by atoms with Crippen molar-refractivity contribution in [1.29, 1.82) is 0 Å². The Kier molecular flexibility index (Phi) is 30.1. The van der Waals surface area contributed by atoms with Crippen LogP contribution >= 0.6 is 0 Å². The first-order valence-corrected chi connectivity index (χ1v) is 38.2. The van der Waals surface area contributed by atoms with Gasteiger partial charge in [0.05, 0.1) is 25.1 Å². The number of alkyl halides is 10. The summed E-state index contributed by atoms with van der Waals surface area (Å²) >= 11 is 0. The molecule has 2 unspecified atom stereocenters. The molecular formula is C74H113F10N11O12. The minimum atomic E-state index is -5.25. The lowest BCUT2D eigenvalue weighted by molar-refractivity contribution is -0.219. The number of halogens is 10. The Bertz CT molecular complexity index is 3170. The maximum atomic E-state index is 15.7. The molecule has 0 aromatic carbocycles. The summed E-state index contributed by atoms with van der Waals surface area (Å²) in [6, 6.07) is -11.1. The van der Waals surface area contributed by atoms with Crippen molar-refractivity contribution in [3.63, 3.8) is 0 Å². The standard InChI is InChI=1S/C74H113F10N11O12/c1-13-42(6)61-68(104)89(8)39-59(98)91(10)53-21-19-18-20-30-94(67(53)103)56(34-44-24-27-47(28-25-44)73(79,80)81)66(102)88(7)38-57(96)85-52(29-26-45-31-50(75)60(51(76)32-45)74(82,83)84)65(101)95-37-49(107-17-5)36-55(95)64(100)87-71(40-72(77,78)41-71)70(106)93(12)62(46(14-2)15-3)69(105)90(9)48(16-4)35-58(97)92(11)54(63(99)86-61)33-43-22-23-43/h18-19,42-56,60-62H,13-17,20-41H2,1-12H3,(H,85,96)(H,86,99)(H,87,100)/b19-18-/t42-,44?,45?,47?,48+,49+,50?,51?,52-,53-,54-,55-,56-,60?,61-,62-/m0/s1. The highest BCUT2D eigenvalue weighted by molar-refractivity contribution is 6.00. The summed E-state index contributed by atoms with van der Waals surface area (Å²) in [6.45, 7) is 8.14. The van der Waals surface area contributed by atoms with Crippen molar-refractivity contribution in [3.8, 4) is 0 Å². The molecule has 0 aromatic heterocycles. The van der Waals surface area contributed by atoms with Gasteiger partial charge in [-0.05, 0) is 120 Å². The second-order valence-corrected chi connectivity index (χ2v) is 31.4. The Morgan fingerprint density at radius 1 is 0.589 bits per heavy atom. The van der Waals surface area contributed by atoms with E-state index in [1.807, 2.05) is 0 Å². The van der Waals surface area contributed by atoms with Crippen LogP contribution in [0.15, 0.2) is 12.2 Å². The van der Waals surface area contributed by atoms with Gasteiger partial charge in [0.2, 0.25) is 65.0 Å². The van der Waals surface area contributed by atoms with Gasteiger partial charge in [-0.25, -0.2) is 17.6 Å². The summed E-state index contributed by atoms with van der Waals surface area (Å²) in [6.07, 6.45) is -16.7. The fraction of sp³-hybridized carbons (Fsp3) is 0.824. The molecule has 33 heteroatoms. The smallest absolute Gasteiger partial charge is 0.377 e. The molecule has 3 N–H and O–H groups in total. The van der Waals surface area contributed by atoms with Gasteiger partial charge in [-0.2, -0.15) is 26.3 Å². The lowest BCUT2D eigenvalue weighted by Gasteiger charge is -2.50. The normalized spacial score (nSPS) is 32.5. The fourth-order valence-electron chi connectivity index (χ4n) is 16.8. The maximum Gasteiger partial charge on any atom is 0.397 e. The zero-order chi connectivity index (χ0) is 79.7. The number of fused-ring (bicyclic) bond motifs is 3. The zero-order valence-corrected chi connectivity index (χ0v) is 63.9. The molecule has 11 amide bonds. The molecule has 107 heavy (non-hydrogen) atoms. The molecule has 4 aliphatic carbocycles. The lowest BCUT2D eigenvalue weighted by Crippen LogP contribution is -2.72. The molecule has 12 atom stereocenters. The summed E-state index contributed by atoms with van der Waals surface area (Å²) in [7, 11) is 7.92. The van der Waals surface area contributed by atoms with E-state index in [4.69, 9.17) is 4.74 Å². The number of ether oxygens (including phenoxy) is 1. The first-order valence-electron chi connectivity index (χ1n) is 38.2. The predicted octanol–water partition coefficient (Wildman–Crippen LogP) is 7.92. The molecule has 0 aromatic rings. The number of amides is 11. The molecule has 0 radical (unpaired) electrons. The van der Waals surface area contributed by atoms with Crippen LogP contribution in [-0.4, -0.2) is 270 Å². The van der Waals surface area contributed by atoms with Crippen LogP contribution in [-0.2, 0) is 57.5 Å². The zero-order valence-electron chi connectivity index (χ0n) is 63.9. The third-order valence-corrected chi connectivity index (χ3v) is 23.9. The first-order chi connectivity index (χ1) is 50.1. The number of carbonyl (C=O) groups is 11. The van der Waals surface area contributed by atoms with E-state index in [1.54, 1.807) is 53.7 Å². The van der Waals surface area contributed by atoms with Gasteiger partial charge in [0.25, 0.3) is 5.92 Å². The van der Waals surface area contributed by atoms with Gasteiger partial charge in [-0.3, -0.25) is 52.7 Å². The number of nitrogens with one attached hydrogen (secondary N) is 3. The third kappa shape index (κ3) is 21.4. The molecule has 7 rings (SSSR count). The average Bonchev–Trinajstić information content (AvgIpc) is 1.58. The van der Waals surface area contributed by atoms with Gasteiger partial charge in [0, 0.05) is 93.7 Å². The molecule has 3 heterocycles. The second-order valence-electron chi connectivity index (χ2n) is 31.4. The minimum Gasteiger partial charge on any atom is -0.377 e. The molecule has 2 saturated heterocycles. The number of hydrogen-bond donors (Lipinski definition) is 3. The van der Waals surface area contributed by atoms with Crippen LogP contribution in [0.4, 0.5) is 43.9 Å². The number of likely N-dealkylation sites (N-methyl/N-ethyl adjacent to an activating group) is 6. The molecule has 606 valence electrons. The minimum absolute atomic E-state index is 0.00180. The lowest BCUT2D eigenvalue weighted by atomic mass is 9.71. The SMILES string of the molecule is CCO[C@@H]1C[C@H]2C(=O)NC3(CC(F)(F)C3)C(=O)N(C)[C@@H](C(CC)CC)C(=O)N(C)[C@H](CC)CC(=O)N(C)[C@@H](CC3CC3)C(=O)N[C@@H]([C@@H](C)CC)C(=O)N(C)CC(=O)N(C)[C@H]3C/C=C\CCN(C3=O)[C@@H](CC3CCC(C(F)(F)F)CC3)C(=O)N(C)CC(=O)N[C@@H](CCC3CC(F)C(C(F)(F)F)C(F)C3)C(=O)N2C1. The van der Waals surface area contributed by atoms with Crippen molar-refractivity contribution in [1.82, 2.24) is 55.1 Å². The van der Waals surface area contributed by atoms with E-state index in [0.717, 1.165) is 37.3 Å². The molecule has 4 saturated carbocycles. The molecule has 6 fully saturated rings. The number of nitrogens with zero attached hydrogens (tertiary/aromatic N) is 8. The summed E-state index contributed by atoms with van der Waals surface area (Å²) in [4.78, 5) is 174. The number of rotatable bonds is 15. The molecule has 3 aliphatic heterocycles. The van der Waals surface area contributed by atoms with Gasteiger partial charge in [0.1, 0.15) is 66.1 Å². The highest BCUT2D eigenvalue weighted by Crippen LogP contribution is 2.49. The van der Waals surface area contributed by atoms with Crippen molar-refractivity contribution < 1.29 is 101 Å². The second kappa shape index (κ2) is 36.8. The van der Waals surface area contributed by atoms with Crippen LogP contribution in [0.3, 0.4) is 0 Å². The summed E-state index contributed by atoms with van der Waals surface area (Å²) in [5.41, 5.74) is -2.43. The van der Waals surface area contributed by atoms with Crippen LogP contribution in [0.25, 0.3) is 0 Å². The largest absolute Gasteiger partial charge is 0.397 e. The summed E-state index contributed by atoms with van der Waals surface area (Å²) < 4.78 is 152. The molecule has 1 spiro atoms. The van der Waals surface area contributed by atoms with Gasteiger partial charge in [-0.15, -0.1) is 0 Å². The third-order valence-electron chi connectivity index (χ3n) is 23.9. The van der Waals surface area contributed by atoms with Gasteiger partial charge in [0.15, 0.2) is 0 Å². The van der Waals surface area contributed by atoms with Crippen molar-refractivity contribution in [2.24, 2.45) is 41.4 Å². The van der Waals surface area contributed by atoms with Crippen LogP contribution in [0.1, 0.15) is 183 Å². The number of hydrogen-bond acceptors (Lipinski definition) is 12. The predicted molar refractivity (Wildman–Crippen MR) is 373 cm³/mol. The molecular weight excluding hydrogens is 1420 g/mol. The highest BCUT2D eigenvalue weighted by Gasteiger charge is 2.64. The Balaban J connectivity index is 1.32. The van der Waals surface area contributed by atoms with E-state index in [9.17, 15) is 50.3 Å². The van der Waals surface area contributed by atoms with Gasteiger partial charge in [-0.1, -0.05) is 78.9 Å². The van der Waals surface area contributed by atoms with E-state index in [0.29, 0.717) is 6.42 Å². The van der Waals surface area contributed by atoms with Crippen molar-refractivity contribution in [2.45, 2.75) is 273 Å². The molecule has 2 bridgehead atoms. The highest BCUT2D eigenvalue weighted by atomic mass is 19.4. The van der Waals surface area contributed by atoms with Crippen molar-refractivity contribution >= 4 is 65.0 Å². The first kappa shape index (κ1) is 87.4. The Labute approximate surface area is 621 Å². The van der Waals surface area contributed by atoms with Gasteiger partial charge < -0.3 is 59.9 Å². The average molecular weight is 1540 g/mol. The number of carbonyl (C=O) groups excluding carboxylic acids is 11. The summed E-state index contributed by atoms with van der Waals surface area (Å²) in [5, 5.41) is 7.96. The van der Waals surface area contributed by atoms with E-state index in [1.165, 1.54) is 57.0 Å². The fourth-order valence-corrected chi connectivity index (χ4v) is 16.8. The molecule has 23 nitrogen and oxygen atoms in total. The Hall–Kier alpha value is -6.83. The van der Waals surface area contributed by atoms with Crippen LogP contribution in [0, 0.1) is 41.4 Å². The quantitative estimate of drug-likeness (QED) is 0.104. The van der Waals surface area contributed by atoms with Crippen molar-refractivity contribution in [2.75, 3.05) is 75.1 Å². The van der Waals surface area contributed by atoms with Crippen LogP contribution < -0.4 is 16.0 Å². The van der Waals surface area contributed by atoms with Crippen LogP contribution in [0.2, 0.25) is 0 Å². The molecule has 7 aliphatic rings. The Morgan fingerprint density at radius 3 is 1.72 bits per heavy atom. The van der Waals surface area contributed by atoms with E-state index >= 15 is 46.3 Å². The van der Waals surface area contributed by atoms with E-state index in [2.05, 4.69) is 16.0 Å². The summed E-state index contributed by atoms with van der Waals surface area (Å²) in [5.74, 6) is -20.6. The monoisotopic (exact) mass is 1540 g/mol. The maximum absolute atomic E-state index is 15.7.